The van der Waals surface area contributed by atoms with Gasteiger partial charge in [0.25, 0.3) is 0 Å². The summed E-state index contributed by atoms with van der Waals surface area (Å²) in [5.74, 6) is 1.60. The molecule has 5 nitrogen and oxygen atoms in total. The number of carbonyl (C=O) groups excluding carboxylic acids is 2. The van der Waals surface area contributed by atoms with Crippen LogP contribution in [0.1, 0.15) is 63.2 Å². The number of rotatable bonds is 5. The van der Waals surface area contributed by atoms with Gasteiger partial charge >= 0.3 is 0 Å². The largest absolute Gasteiger partial charge is 0.466 e. The van der Waals surface area contributed by atoms with E-state index in [2.05, 4.69) is 24.5 Å². The van der Waals surface area contributed by atoms with Crippen LogP contribution in [0.4, 0.5) is 0 Å². The lowest BCUT2D eigenvalue weighted by atomic mass is 9.74. The van der Waals surface area contributed by atoms with Gasteiger partial charge in [-0.3, -0.25) is 9.59 Å². The van der Waals surface area contributed by atoms with Gasteiger partial charge in [0.1, 0.15) is 11.5 Å². The molecule has 1 aliphatic rings. The molecular formula is C17H26N2O3. The second-order valence-corrected chi connectivity index (χ2v) is 6.93. The minimum Gasteiger partial charge on any atom is -0.466 e. The first-order chi connectivity index (χ1) is 10.3. The highest BCUT2D eigenvalue weighted by Gasteiger charge is 2.35. The number of aryl methyl sites for hydroxylation is 1. The van der Waals surface area contributed by atoms with Gasteiger partial charge in [-0.15, -0.1) is 0 Å². The Balaban J connectivity index is 1.99. The summed E-state index contributed by atoms with van der Waals surface area (Å²) in [4.78, 5) is 23.5. The van der Waals surface area contributed by atoms with E-state index in [1.807, 2.05) is 19.9 Å². The molecule has 1 aliphatic carbocycles. The molecule has 1 atom stereocenters. The van der Waals surface area contributed by atoms with Gasteiger partial charge in [0.05, 0.1) is 12.6 Å². The normalized spacial score (nSPS) is 19.4. The molecular weight excluding hydrogens is 280 g/mol. The summed E-state index contributed by atoms with van der Waals surface area (Å²) in [6, 6.07) is 1.96. The van der Waals surface area contributed by atoms with Crippen LogP contribution in [-0.2, 0) is 16.0 Å². The molecule has 1 aromatic rings. The van der Waals surface area contributed by atoms with E-state index in [1.165, 1.54) is 0 Å². The number of carbonyl (C=O) groups is 2. The Hall–Kier alpha value is -1.78. The first-order valence-corrected chi connectivity index (χ1v) is 7.96. The number of hydrogen-bond donors (Lipinski definition) is 2. The maximum absolute atomic E-state index is 12.1. The van der Waals surface area contributed by atoms with Gasteiger partial charge in [-0.2, -0.15) is 0 Å². The van der Waals surface area contributed by atoms with Gasteiger partial charge in [0.15, 0.2) is 0 Å². The van der Waals surface area contributed by atoms with E-state index >= 15 is 0 Å². The van der Waals surface area contributed by atoms with Crippen LogP contribution in [0.3, 0.4) is 0 Å². The lowest BCUT2D eigenvalue weighted by Gasteiger charge is -2.34. The molecule has 1 heterocycles. The molecule has 0 saturated heterocycles. The summed E-state index contributed by atoms with van der Waals surface area (Å²) in [5.41, 5.74) is 1.16. The predicted molar refractivity (Wildman–Crippen MR) is 84.3 cm³/mol. The van der Waals surface area contributed by atoms with Crippen LogP contribution in [-0.4, -0.2) is 18.4 Å². The third-order valence-electron chi connectivity index (χ3n) is 3.99. The molecule has 122 valence electrons. The number of amides is 2. The van der Waals surface area contributed by atoms with E-state index in [9.17, 15) is 9.59 Å². The Labute approximate surface area is 131 Å². The molecule has 2 rings (SSSR count). The molecule has 2 N–H and O–H groups in total. The maximum atomic E-state index is 12.1. The van der Waals surface area contributed by atoms with Gasteiger partial charge in [-0.25, -0.2) is 0 Å². The average molecular weight is 306 g/mol. The van der Waals surface area contributed by atoms with Crippen molar-refractivity contribution >= 4 is 11.8 Å². The van der Waals surface area contributed by atoms with Crippen molar-refractivity contribution in [2.24, 2.45) is 5.41 Å². The Kier molecular flexibility index (Phi) is 4.94. The van der Waals surface area contributed by atoms with Gasteiger partial charge in [0, 0.05) is 18.4 Å². The molecule has 0 fully saturated rings. The van der Waals surface area contributed by atoms with Crippen molar-refractivity contribution in [3.63, 3.8) is 0 Å². The zero-order valence-corrected chi connectivity index (χ0v) is 13.9. The van der Waals surface area contributed by atoms with E-state index in [0.29, 0.717) is 6.42 Å². The van der Waals surface area contributed by atoms with Crippen molar-refractivity contribution in [1.29, 1.82) is 0 Å². The average Bonchev–Trinajstić information content (AvgIpc) is 2.76. The molecule has 5 heteroatoms. The predicted octanol–water partition coefficient (Wildman–Crippen LogP) is 2.63. The van der Waals surface area contributed by atoms with Crippen molar-refractivity contribution < 1.29 is 14.0 Å². The molecule has 0 bridgehead atoms. The van der Waals surface area contributed by atoms with Crippen molar-refractivity contribution in [1.82, 2.24) is 10.6 Å². The van der Waals surface area contributed by atoms with Gasteiger partial charge in [-0.1, -0.05) is 20.8 Å². The van der Waals surface area contributed by atoms with Crippen LogP contribution in [0.2, 0.25) is 0 Å². The van der Waals surface area contributed by atoms with Gasteiger partial charge < -0.3 is 15.1 Å². The Morgan fingerprint density at radius 3 is 2.77 bits per heavy atom. The Morgan fingerprint density at radius 2 is 2.09 bits per heavy atom. The molecule has 0 spiro atoms. The molecule has 0 unspecified atom stereocenters. The van der Waals surface area contributed by atoms with Crippen molar-refractivity contribution in [2.45, 2.75) is 59.4 Å². The number of hydrogen-bond acceptors (Lipinski definition) is 3. The van der Waals surface area contributed by atoms with E-state index in [1.54, 1.807) is 0 Å². The van der Waals surface area contributed by atoms with E-state index in [0.717, 1.165) is 36.3 Å². The van der Waals surface area contributed by atoms with Crippen LogP contribution < -0.4 is 10.6 Å². The highest BCUT2D eigenvalue weighted by Crippen LogP contribution is 2.41. The number of nitrogens with one attached hydrogen (secondary N) is 2. The quantitative estimate of drug-likeness (QED) is 0.878. The third-order valence-corrected chi connectivity index (χ3v) is 3.99. The summed E-state index contributed by atoms with van der Waals surface area (Å²) in [7, 11) is 0. The zero-order valence-electron chi connectivity index (χ0n) is 13.9. The number of fused-ring (bicyclic) bond motifs is 1. The summed E-state index contributed by atoms with van der Waals surface area (Å²) in [6.45, 7) is 8.25. The SMILES string of the molecule is CCCC(=O)NCC(=O)N[C@@H]1CC(C)(C)Cc2oc(C)cc21. The summed E-state index contributed by atoms with van der Waals surface area (Å²) in [6.07, 6.45) is 2.99. The van der Waals surface area contributed by atoms with Crippen LogP contribution in [0.5, 0.6) is 0 Å². The smallest absolute Gasteiger partial charge is 0.239 e. The molecule has 0 saturated carbocycles. The van der Waals surface area contributed by atoms with Gasteiger partial charge in [0.2, 0.25) is 11.8 Å². The topological polar surface area (TPSA) is 71.3 Å². The standard InChI is InChI=1S/C17H26N2O3/c1-5-6-15(20)18-10-16(21)19-13-8-17(3,4)9-14-12(13)7-11(2)22-14/h7,13H,5-6,8-10H2,1-4H3,(H,18,20)(H,19,21)/t13-/m1/s1. The van der Waals surface area contributed by atoms with Crippen LogP contribution in [0.25, 0.3) is 0 Å². The molecule has 2 amide bonds. The second kappa shape index (κ2) is 6.55. The van der Waals surface area contributed by atoms with Crippen LogP contribution >= 0.6 is 0 Å². The van der Waals surface area contributed by atoms with Crippen molar-refractivity contribution in [3.8, 4) is 0 Å². The first kappa shape index (κ1) is 16.6. The molecule has 0 aromatic carbocycles. The third kappa shape index (κ3) is 4.12. The highest BCUT2D eigenvalue weighted by atomic mass is 16.3. The summed E-state index contributed by atoms with van der Waals surface area (Å²) in [5, 5.41) is 5.68. The molecule has 0 aliphatic heterocycles. The highest BCUT2D eigenvalue weighted by molar-refractivity contribution is 5.84. The minimum absolute atomic E-state index is 0.0297. The summed E-state index contributed by atoms with van der Waals surface area (Å²) >= 11 is 0. The van der Waals surface area contributed by atoms with E-state index < -0.39 is 0 Å². The minimum atomic E-state index is -0.156. The lowest BCUT2D eigenvalue weighted by molar-refractivity contribution is -0.126. The van der Waals surface area contributed by atoms with E-state index in [4.69, 9.17) is 4.42 Å². The van der Waals surface area contributed by atoms with Crippen molar-refractivity contribution in [2.75, 3.05) is 6.54 Å². The number of furan rings is 1. The summed E-state index contributed by atoms with van der Waals surface area (Å²) < 4.78 is 5.76. The monoisotopic (exact) mass is 306 g/mol. The Morgan fingerprint density at radius 1 is 1.36 bits per heavy atom. The molecule has 1 aromatic heterocycles. The van der Waals surface area contributed by atoms with Gasteiger partial charge in [-0.05, 0) is 31.2 Å². The fourth-order valence-corrected chi connectivity index (χ4v) is 3.05. The molecule has 0 radical (unpaired) electrons. The maximum Gasteiger partial charge on any atom is 0.239 e. The fourth-order valence-electron chi connectivity index (χ4n) is 3.05. The Bertz CT molecular complexity index is 560. The van der Waals surface area contributed by atoms with E-state index in [-0.39, 0.29) is 29.8 Å². The van der Waals surface area contributed by atoms with Crippen LogP contribution in [0.15, 0.2) is 10.5 Å². The first-order valence-electron chi connectivity index (χ1n) is 7.96. The fraction of sp³-hybridized carbons (Fsp3) is 0.647. The molecule has 22 heavy (non-hydrogen) atoms. The van der Waals surface area contributed by atoms with Crippen LogP contribution in [0, 0.1) is 12.3 Å². The lowest BCUT2D eigenvalue weighted by Crippen LogP contribution is -2.41. The van der Waals surface area contributed by atoms with Crippen molar-refractivity contribution in [3.05, 3.63) is 23.2 Å². The zero-order chi connectivity index (χ0) is 16.3. The second-order valence-electron chi connectivity index (χ2n) is 6.93.